The van der Waals surface area contributed by atoms with Gasteiger partial charge in [-0.1, -0.05) is 0 Å². The second-order valence-corrected chi connectivity index (χ2v) is 5.08. The highest BCUT2D eigenvalue weighted by molar-refractivity contribution is 7.99. The number of amides is 1. The maximum absolute atomic E-state index is 11.2. The number of rotatable bonds is 3. The second kappa shape index (κ2) is 5.32. The fraction of sp³-hybridized carbons (Fsp3) is 0.455. The Morgan fingerprint density at radius 2 is 2.25 bits per heavy atom. The lowest BCUT2D eigenvalue weighted by Gasteiger charge is -2.22. The van der Waals surface area contributed by atoms with Crippen molar-refractivity contribution < 1.29 is 4.79 Å². The van der Waals surface area contributed by atoms with Gasteiger partial charge in [0.15, 0.2) is 0 Å². The van der Waals surface area contributed by atoms with Crippen LogP contribution < -0.4 is 11.1 Å². The average Bonchev–Trinajstić information content (AvgIpc) is 2.31. The topological polar surface area (TPSA) is 68.0 Å². The smallest absolute Gasteiger partial charge is 0.251 e. The Morgan fingerprint density at radius 3 is 2.94 bits per heavy atom. The number of hydrogen-bond acceptors (Lipinski definition) is 4. The number of primary amides is 1. The van der Waals surface area contributed by atoms with Gasteiger partial charge in [-0.2, -0.15) is 0 Å². The molecule has 1 aromatic heterocycles. The summed E-state index contributed by atoms with van der Waals surface area (Å²) < 4.78 is 0. The van der Waals surface area contributed by atoms with Crippen molar-refractivity contribution in [3.05, 3.63) is 23.9 Å². The van der Waals surface area contributed by atoms with Crippen LogP contribution in [0, 0.1) is 0 Å². The number of piperidine rings is 1. The molecule has 5 heteroatoms. The van der Waals surface area contributed by atoms with Crippen LogP contribution >= 0.6 is 11.8 Å². The van der Waals surface area contributed by atoms with Crippen molar-refractivity contribution >= 4 is 17.7 Å². The van der Waals surface area contributed by atoms with Crippen molar-refractivity contribution in [1.29, 1.82) is 0 Å². The molecule has 1 amide bonds. The van der Waals surface area contributed by atoms with Gasteiger partial charge < -0.3 is 11.1 Å². The second-order valence-electron chi connectivity index (χ2n) is 3.79. The monoisotopic (exact) mass is 237 g/mol. The maximum atomic E-state index is 11.2. The van der Waals surface area contributed by atoms with Crippen LogP contribution in [-0.4, -0.2) is 29.2 Å². The first-order valence-electron chi connectivity index (χ1n) is 5.39. The van der Waals surface area contributed by atoms with Crippen LogP contribution in [0.25, 0.3) is 0 Å². The van der Waals surface area contributed by atoms with Gasteiger partial charge in [0.1, 0.15) is 5.03 Å². The Labute approximate surface area is 99.0 Å². The molecule has 16 heavy (non-hydrogen) atoms. The number of pyridine rings is 1. The molecule has 1 aliphatic heterocycles. The molecule has 0 unspecified atom stereocenters. The predicted octanol–water partition coefficient (Wildman–Crippen LogP) is 1.02. The van der Waals surface area contributed by atoms with E-state index >= 15 is 0 Å². The molecule has 0 bridgehead atoms. The molecule has 1 fully saturated rings. The summed E-state index contributed by atoms with van der Waals surface area (Å²) in [6, 6.07) is 3.48. The number of carbonyl (C=O) groups is 1. The molecule has 0 saturated carbocycles. The molecule has 86 valence electrons. The molecular weight excluding hydrogens is 222 g/mol. The van der Waals surface area contributed by atoms with Crippen LogP contribution in [0.1, 0.15) is 23.2 Å². The summed E-state index contributed by atoms with van der Waals surface area (Å²) in [7, 11) is 0. The summed E-state index contributed by atoms with van der Waals surface area (Å²) >= 11 is 1.67. The van der Waals surface area contributed by atoms with Gasteiger partial charge in [0, 0.05) is 11.4 Å². The van der Waals surface area contributed by atoms with Crippen molar-refractivity contribution in [1.82, 2.24) is 10.3 Å². The van der Waals surface area contributed by atoms with E-state index in [1.54, 1.807) is 30.1 Å². The highest BCUT2D eigenvalue weighted by Gasteiger charge is 2.18. The molecule has 0 atom stereocenters. The molecule has 0 spiro atoms. The summed E-state index contributed by atoms with van der Waals surface area (Å²) in [5.41, 5.74) is 5.85. The van der Waals surface area contributed by atoms with E-state index in [0.29, 0.717) is 10.8 Å². The van der Waals surface area contributed by atoms with Gasteiger partial charge in [-0.3, -0.25) is 4.79 Å². The molecule has 1 aliphatic rings. The normalized spacial score (nSPS) is 17.2. The number of nitrogens with zero attached hydrogens (tertiary/aromatic N) is 1. The molecular formula is C11H15N3OS. The Bertz CT molecular complexity index is 377. The van der Waals surface area contributed by atoms with Gasteiger partial charge in [-0.15, -0.1) is 11.8 Å². The maximum Gasteiger partial charge on any atom is 0.251 e. The molecule has 2 heterocycles. The predicted molar refractivity (Wildman–Crippen MR) is 64.5 cm³/mol. The van der Waals surface area contributed by atoms with Gasteiger partial charge >= 0.3 is 0 Å². The number of carbonyl (C=O) groups excluding carboxylic acids is 1. The third-order valence-corrected chi connectivity index (χ3v) is 3.95. The van der Waals surface area contributed by atoms with Crippen LogP contribution in [0.5, 0.6) is 0 Å². The summed E-state index contributed by atoms with van der Waals surface area (Å²) in [5, 5.41) is 4.61. The lowest BCUT2D eigenvalue weighted by atomic mass is 10.2. The molecule has 3 N–H and O–H groups in total. The summed E-state index contributed by atoms with van der Waals surface area (Å²) in [6.07, 6.45) is 3.93. The summed E-state index contributed by atoms with van der Waals surface area (Å²) in [6.45, 7) is 2.08. The van der Waals surface area contributed by atoms with Crippen molar-refractivity contribution in [3.63, 3.8) is 0 Å². The first kappa shape index (κ1) is 11.4. The van der Waals surface area contributed by atoms with E-state index in [9.17, 15) is 4.79 Å². The Morgan fingerprint density at radius 1 is 1.50 bits per heavy atom. The van der Waals surface area contributed by atoms with Crippen LogP contribution in [0.3, 0.4) is 0 Å². The number of hydrogen-bond donors (Lipinski definition) is 2. The number of nitrogens with one attached hydrogen (secondary N) is 1. The standard InChI is InChI=1S/C11H15N3OS/c12-10(15)9-2-1-5-14-11(9)16-8-3-6-13-7-4-8/h1-2,5,8,13H,3-4,6-7H2,(H2,12,15). The summed E-state index contributed by atoms with van der Waals surface area (Å²) in [4.78, 5) is 15.5. The van der Waals surface area contributed by atoms with E-state index in [-0.39, 0.29) is 0 Å². The third-order valence-electron chi connectivity index (χ3n) is 2.60. The molecule has 0 aliphatic carbocycles. The fourth-order valence-corrected chi connectivity index (χ4v) is 2.95. The Hall–Kier alpha value is -1.07. The molecule has 1 aromatic rings. The van der Waals surface area contributed by atoms with Crippen LogP contribution in [0.2, 0.25) is 0 Å². The molecule has 2 rings (SSSR count). The highest BCUT2D eigenvalue weighted by Crippen LogP contribution is 2.29. The Balaban J connectivity index is 2.10. The highest BCUT2D eigenvalue weighted by atomic mass is 32.2. The first-order valence-corrected chi connectivity index (χ1v) is 6.27. The SMILES string of the molecule is NC(=O)c1cccnc1SC1CCNCC1. The van der Waals surface area contributed by atoms with Crippen molar-refractivity contribution in [2.75, 3.05) is 13.1 Å². The van der Waals surface area contributed by atoms with Crippen LogP contribution in [-0.2, 0) is 0 Å². The van der Waals surface area contributed by atoms with E-state index in [4.69, 9.17) is 5.73 Å². The molecule has 0 radical (unpaired) electrons. The molecule has 4 nitrogen and oxygen atoms in total. The van der Waals surface area contributed by atoms with Crippen LogP contribution in [0.15, 0.2) is 23.4 Å². The zero-order chi connectivity index (χ0) is 11.4. The van der Waals surface area contributed by atoms with Crippen molar-refractivity contribution in [3.8, 4) is 0 Å². The number of thioether (sulfide) groups is 1. The number of aromatic nitrogens is 1. The molecule has 0 aromatic carbocycles. The number of nitrogens with two attached hydrogens (primary N) is 1. The van der Waals surface area contributed by atoms with Gasteiger partial charge in [0.25, 0.3) is 5.91 Å². The summed E-state index contributed by atoms with van der Waals surface area (Å²) in [5.74, 6) is -0.399. The van der Waals surface area contributed by atoms with Crippen molar-refractivity contribution in [2.24, 2.45) is 5.73 Å². The lowest BCUT2D eigenvalue weighted by Crippen LogP contribution is -2.29. The van der Waals surface area contributed by atoms with Gasteiger partial charge in [0.2, 0.25) is 0 Å². The minimum absolute atomic E-state index is 0.399. The zero-order valence-corrected chi connectivity index (χ0v) is 9.80. The van der Waals surface area contributed by atoms with E-state index in [2.05, 4.69) is 10.3 Å². The van der Waals surface area contributed by atoms with E-state index in [0.717, 1.165) is 31.0 Å². The van der Waals surface area contributed by atoms with E-state index in [1.165, 1.54) is 0 Å². The molecule has 1 saturated heterocycles. The van der Waals surface area contributed by atoms with Gasteiger partial charge in [-0.25, -0.2) is 4.98 Å². The van der Waals surface area contributed by atoms with E-state index < -0.39 is 5.91 Å². The first-order chi connectivity index (χ1) is 7.77. The quantitative estimate of drug-likeness (QED) is 0.823. The minimum Gasteiger partial charge on any atom is -0.366 e. The minimum atomic E-state index is -0.399. The lowest BCUT2D eigenvalue weighted by molar-refractivity contribution is 0.0997. The average molecular weight is 237 g/mol. The van der Waals surface area contributed by atoms with Gasteiger partial charge in [0.05, 0.1) is 5.56 Å². The fourth-order valence-electron chi connectivity index (χ4n) is 1.74. The Kier molecular flexibility index (Phi) is 3.79. The van der Waals surface area contributed by atoms with Gasteiger partial charge in [-0.05, 0) is 38.1 Å². The third kappa shape index (κ3) is 2.74. The largest absolute Gasteiger partial charge is 0.366 e. The van der Waals surface area contributed by atoms with E-state index in [1.807, 2.05) is 0 Å². The zero-order valence-electron chi connectivity index (χ0n) is 8.98. The van der Waals surface area contributed by atoms with Crippen LogP contribution in [0.4, 0.5) is 0 Å². The van der Waals surface area contributed by atoms with Crippen molar-refractivity contribution in [2.45, 2.75) is 23.1 Å².